The Hall–Kier alpha value is -1.30. The van der Waals surface area contributed by atoms with Crippen molar-refractivity contribution in [3.8, 4) is 0 Å². The summed E-state index contributed by atoms with van der Waals surface area (Å²) in [6, 6.07) is 0.289. The minimum atomic E-state index is 0.0198. The number of rotatable bonds is 4. The van der Waals surface area contributed by atoms with Crippen molar-refractivity contribution in [1.82, 2.24) is 20.4 Å². The molecule has 3 amide bonds. The molecule has 0 bridgehead atoms. The van der Waals surface area contributed by atoms with Crippen LogP contribution in [0.2, 0.25) is 0 Å². The van der Waals surface area contributed by atoms with Crippen LogP contribution in [0.3, 0.4) is 0 Å². The van der Waals surface area contributed by atoms with Gasteiger partial charge in [0.1, 0.15) is 0 Å². The molecule has 0 radical (unpaired) electrons. The lowest BCUT2D eigenvalue weighted by Crippen LogP contribution is -2.53. The molecular weight excluding hydrogens is 292 g/mol. The molecule has 2 aliphatic heterocycles. The van der Waals surface area contributed by atoms with Crippen molar-refractivity contribution in [3.63, 3.8) is 0 Å². The molecule has 23 heavy (non-hydrogen) atoms. The van der Waals surface area contributed by atoms with Crippen LogP contribution < -0.4 is 10.6 Å². The summed E-state index contributed by atoms with van der Waals surface area (Å²) in [5, 5.41) is 6.29. The van der Waals surface area contributed by atoms with Crippen LogP contribution in [-0.4, -0.2) is 67.0 Å². The molecule has 2 saturated heterocycles. The molecule has 132 valence electrons. The third-order valence-corrected chi connectivity index (χ3v) is 4.75. The third kappa shape index (κ3) is 5.37. The summed E-state index contributed by atoms with van der Waals surface area (Å²) in [5.74, 6) is 0.992. The zero-order valence-electron chi connectivity index (χ0n) is 14.8. The van der Waals surface area contributed by atoms with Crippen LogP contribution in [0.1, 0.15) is 40.0 Å². The number of carbonyl (C=O) groups is 2. The number of piperazine rings is 1. The van der Waals surface area contributed by atoms with Crippen LogP contribution >= 0.6 is 0 Å². The largest absolute Gasteiger partial charge is 0.338 e. The van der Waals surface area contributed by atoms with Gasteiger partial charge in [0.05, 0.1) is 0 Å². The Bertz CT molecular complexity index is 413. The van der Waals surface area contributed by atoms with Crippen LogP contribution in [0.5, 0.6) is 0 Å². The molecule has 2 aliphatic rings. The maximum atomic E-state index is 12.5. The number of amides is 3. The van der Waals surface area contributed by atoms with Crippen molar-refractivity contribution < 1.29 is 9.59 Å². The van der Waals surface area contributed by atoms with Gasteiger partial charge >= 0.3 is 6.03 Å². The summed E-state index contributed by atoms with van der Waals surface area (Å²) in [7, 11) is 0. The second-order valence-corrected chi connectivity index (χ2v) is 7.38. The highest BCUT2D eigenvalue weighted by Crippen LogP contribution is 2.21. The predicted molar refractivity (Wildman–Crippen MR) is 91.2 cm³/mol. The zero-order valence-corrected chi connectivity index (χ0v) is 14.8. The summed E-state index contributed by atoms with van der Waals surface area (Å²) in [6.45, 7) is 11.0. The first-order valence-electron chi connectivity index (χ1n) is 9.00. The summed E-state index contributed by atoms with van der Waals surface area (Å²) < 4.78 is 0. The topological polar surface area (TPSA) is 64.7 Å². The Morgan fingerprint density at radius 3 is 2.78 bits per heavy atom. The standard InChI is InChI=1S/C17H32N4O2/c1-13(2)10-19-17(23)20-7-4-5-15(12-20)9-16(22)21-8-6-18-11-14(21)3/h13-15,18H,4-12H2,1-3H3,(H,19,23). The van der Waals surface area contributed by atoms with Crippen molar-refractivity contribution in [2.45, 2.75) is 46.1 Å². The van der Waals surface area contributed by atoms with E-state index in [4.69, 9.17) is 0 Å². The smallest absolute Gasteiger partial charge is 0.317 e. The van der Waals surface area contributed by atoms with E-state index in [1.54, 1.807) is 0 Å². The van der Waals surface area contributed by atoms with E-state index in [0.29, 0.717) is 31.3 Å². The average Bonchev–Trinajstić information content (AvgIpc) is 2.53. The number of nitrogens with one attached hydrogen (secondary N) is 2. The normalized spacial score (nSPS) is 25.6. The number of nitrogens with zero attached hydrogens (tertiary/aromatic N) is 2. The molecule has 2 heterocycles. The number of likely N-dealkylation sites (tertiary alicyclic amines) is 1. The minimum Gasteiger partial charge on any atom is -0.338 e. The molecule has 0 aromatic carbocycles. The molecule has 0 aromatic rings. The summed E-state index contributed by atoms with van der Waals surface area (Å²) >= 11 is 0. The van der Waals surface area contributed by atoms with E-state index in [0.717, 1.165) is 39.0 Å². The van der Waals surface area contributed by atoms with Gasteiger partial charge in [0.15, 0.2) is 0 Å². The monoisotopic (exact) mass is 324 g/mol. The molecule has 6 nitrogen and oxygen atoms in total. The molecule has 0 aliphatic carbocycles. The Morgan fingerprint density at radius 2 is 2.09 bits per heavy atom. The van der Waals surface area contributed by atoms with E-state index in [1.165, 1.54) is 0 Å². The molecule has 0 saturated carbocycles. The fourth-order valence-electron chi connectivity index (χ4n) is 3.40. The molecule has 2 atom stereocenters. The minimum absolute atomic E-state index is 0.0198. The van der Waals surface area contributed by atoms with Gasteiger partial charge in [0.25, 0.3) is 0 Å². The number of piperidine rings is 1. The van der Waals surface area contributed by atoms with Gasteiger partial charge in [-0.05, 0) is 31.6 Å². The van der Waals surface area contributed by atoms with Crippen LogP contribution in [-0.2, 0) is 4.79 Å². The first kappa shape index (κ1) is 18.0. The van der Waals surface area contributed by atoms with Crippen LogP contribution in [0.15, 0.2) is 0 Å². The first-order chi connectivity index (χ1) is 11.0. The van der Waals surface area contributed by atoms with E-state index >= 15 is 0 Å². The highest BCUT2D eigenvalue weighted by atomic mass is 16.2. The summed E-state index contributed by atoms with van der Waals surface area (Å²) in [6.07, 6.45) is 2.60. The molecule has 2 N–H and O–H groups in total. The predicted octanol–water partition coefficient (Wildman–Crippen LogP) is 1.27. The Balaban J connectivity index is 1.81. The summed E-state index contributed by atoms with van der Waals surface area (Å²) in [5.41, 5.74) is 0. The quantitative estimate of drug-likeness (QED) is 0.819. The van der Waals surface area contributed by atoms with E-state index < -0.39 is 0 Å². The molecule has 6 heteroatoms. The fraction of sp³-hybridized carbons (Fsp3) is 0.882. The van der Waals surface area contributed by atoms with E-state index in [9.17, 15) is 9.59 Å². The summed E-state index contributed by atoms with van der Waals surface area (Å²) in [4.78, 5) is 28.6. The van der Waals surface area contributed by atoms with Gasteiger partial charge in [-0.1, -0.05) is 13.8 Å². The first-order valence-corrected chi connectivity index (χ1v) is 9.00. The number of carbonyl (C=O) groups excluding carboxylic acids is 2. The third-order valence-electron chi connectivity index (χ3n) is 4.75. The maximum absolute atomic E-state index is 12.5. The van der Waals surface area contributed by atoms with Crippen molar-refractivity contribution >= 4 is 11.9 Å². The average molecular weight is 324 g/mol. The zero-order chi connectivity index (χ0) is 16.8. The van der Waals surface area contributed by atoms with Gasteiger partial charge in [0, 0.05) is 51.7 Å². The van der Waals surface area contributed by atoms with Gasteiger partial charge in [0.2, 0.25) is 5.91 Å². The van der Waals surface area contributed by atoms with Crippen LogP contribution in [0.25, 0.3) is 0 Å². The molecular formula is C17H32N4O2. The van der Waals surface area contributed by atoms with Crippen molar-refractivity contribution in [2.75, 3.05) is 39.3 Å². The number of urea groups is 1. The van der Waals surface area contributed by atoms with Crippen LogP contribution in [0, 0.1) is 11.8 Å². The SMILES string of the molecule is CC(C)CNC(=O)N1CCCC(CC(=O)N2CCNCC2C)C1. The van der Waals surface area contributed by atoms with Gasteiger partial charge in [-0.2, -0.15) is 0 Å². The lowest BCUT2D eigenvalue weighted by atomic mass is 9.94. The highest BCUT2D eigenvalue weighted by Gasteiger charge is 2.29. The molecule has 2 unspecified atom stereocenters. The van der Waals surface area contributed by atoms with Gasteiger partial charge in [-0.25, -0.2) is 4.79 Å². The fourth-order valence-corrected chi connectivity index (χ4v) is 3.40. The molecule has 2 rings (SSSR count). The lowest BCUT2D eigenvalue weighted by molar-refractivity contribution is -0.135. The highest BCUT2D eigenvalue weighted by molar-refractivity contribution is 5.77. The number of hydrogen-bond donors (Lipinski definition) is 2. The Morgan fingerprint density at radius 1 is 1.30 bits per heavy atom. The van der Waals surface area contributed by atoms with Gasteiger partial charge in [-0.15, -0.1) is 0 Å². The molecule has 2 fully saturated rings. The Kier molecular flexibility index (Phi) is 6.69. The van der Waals surface area contributed by atoms with Crippen molar-refractivity contribution in [3.05, 3.63) is 0 Å². The molecule has 0 spiro atoms. The van der Waals surface area contributed by atoms with E-state index in [-0.39, 0.29) is 18.0 Å². The van der Waals surface area contributed by atoms with E-state index in [1.807, 2.05) is 9.80 Å². The van der Waals surface area contributed by atoms with Crippen molar-refractivity contribution in [2.24, 2.45) is 11.8 Å². The maximum Gasteiger partial charge on any atom is 0.317 e. The molecule has 0 aromatic heterocycles. The van der Waals surface area contributed by atoms with Crippen LogP contribution in [0.4, 0.5) is 4.79 Å². The Labute approximate surface area is 140 Å². The number of hydrogen-bond acceptors (Lipinski definition) is 3. The van der Waals surface area contributed by atoms with E-state index in [2.05, 4.69) is 31.4 Å². The van der Waals surface area contributed by atoms with Crippen molar-refractivity contribution in [1.29, 1.82) is 0 Å². The second kappa shape index (κ2) is 8.52. The second-order valence-electron chi connectivity index (χ2n) is 7.38. The lowest BCUT2D eigenvalue weighted by Gasteiger charge is -2.37. The van der Waals surface area contributed by atoms with Gasteiger partial charge < -0.3 is 20.4 Å². The van der Waals surface area contributed by atoms with Gasteiger partial charge in [-0.3, -0.25) is 4.79 Å².